The lowest BCUT2D eigenvalue weighted by molar-refractivity contribution is -0.384. The van der Waals surface area contributed by atoms with Crippen LogP contribution < -0.4 is 5.32 Å². The Morgan fingerprint density at radius 3 is 3.00 bits per heavy atom. The van der Waals surface area contributed by atoms with E-state index < -0.39 is 0 Å². The number of fused-ring (bicyclic) bond motifs is 1. The van der Waals surface area contributed by atoms with Crippen molar-refractivity contribution < 1.29 is 4.92 Å². The van der Waals surface area contributed by atoms with Gasteiger partial charge in [0.2, 0.25) is 0 Å². The molecule has 0 saturated carbocycles. The molecule has 1 atom stereocenters. The van der Waals surface area contributed by atoms with Gasteiger partial charge in [0, 0.05) is 66.7 Å². The highest BCUT2D eigenvalue weighted by molar-refractivity contribution is 5.93. The highest BCUT2D eigenvalue weighted by Crippen LogP contribution is 2.25. The minimum atomic E-state index is -0.340. The van der Waals surface area contributed by atoms with Gasteiger partial charge in [0.05, 0.1) is 4.92 Å². The number of nitro benzene ring substituents is 1. The Morgan fingerprint density at radius 2 is 2.12 bits per heavy atom. The maximum atomic E-state index is 10.9. The summed E-state index contributed by atoms with van der Waals surface area (Å²) >= 11 is 0. The van der Waals surface area contributed by atoms with Gasteiger partial charge in [-0.15, -0.1) is 0 Å². The first kappa shape index (κ1) is 16.5. The van der Waals surface area contributed by atoms with Crippen LogP contribution in [0.25, 0.3) is 10.8 Å². The predicted octanol–water partition coefficient (Wildman–Crippen LogP) is 3.83. The first-order valence-corrected chi connectivity index (χ1v) is 8.74. The van der Waals surface area contributed by atoms with Gasteiger partial charge in [0.25, 0.3) is 5.69 Å². The van der Waals surface area contributed by atoms with Crippen LogP contribution in [0.2, 0.25) is 0 Å². The number of rotatable bonds is 5. The highest BCUT2D eigenvalue weighted by atomic mass is 16.6. The van der Waals surface area contributed by atoms with Gasteiger partial charge in [0.15, 0.2) is 0 Å². The maximum absolute atomic E-state index is 10.9. The van der Waals surface area contributed by atoms with Crippen molar-refractivity contribution in [3.05, 3.63) is 76.6 Å². The summed E-state index contributed by atoms with van der Waals surface area (Å²) in [6.45, 7) is 2.64. The molecular formula is C20H20N4O2. The minimum Gasteiger partial charge on any atom is -0.380 e. The summed E-state index contributed by atoms with van der Waals surface area (Å²) in [5, 5.41) is 16.9. The van der Waals surface area contributed by atoms with E-state index in [0.29, 0.717) is 6.04 Å². The Kier molecular flexibility index (Phi) is 4.50. The van der Waals surface area contributed by atoms with Crippen molar-refractivity contribution in [3.63, 3.8) is 0 Å². The van der Waals surface area contributed by atoms with Crippen LogP contribution in [0.15, 0.2) is 60.9 Å². The molecule has 2 aromatic carbocycles. The number of pyridine rings is 1. The Hall–Kier alpha value is -2.99. The van der Waals surface area contributed by atoms with Crippen LogP contribution >= 0.6 is 0 Å². The molecule has 0 bridgehead atoms. The molecule has 1 aliphatic rings. The maximum Gasteiger partial charge on any atom is 0.269 e. The van der Waals surface area contributed by atoms with Crippen LogP contribution in [0.1, 0.15) is 12.0 Å². The largest absolute Gasteiger partial charge is 0.380 e. The molecule has 1 aromatic heterocycles. The average molecular weight is 348 g/mol. The van der Waals surface area contributed by atoms with Crippen molar-refractivity contribution >= 4 is 22.1 Å². The number of aromatic nitrogens is 1. The summed E-state index contributed by atoms with van der Waals surface area (Å²) < 4.78 is 0. The molecule has 1 aliphatic heterocycles. The summed E-state index contributed by atoms with van der Waals surface area (Å²) in [5.41, 5.74) is 2.27. The van der Waals surface area contributed by atoms with Gasteiger partial charge in [-0.2, -0.15) is 0 Å². The normalized spacial score (nSPS) is 17.5. The predicted molar refractivity (Wildman–Crippen MR) is 102 cm³/mol. The second-order valence-electron chi connectivity index (χ2n) is 6.69. The lowest BCUT2D eigenvalue weighted by atomic mass is 10.1. The Balaban J connectivity index is 1.42. The van der Waals surface area contributed by atoms with E-state index >= 15 is 0 Å². The topological polar surface area (TPSA) is 71.3 Å². The molecule has 6 heteroatoms. The van der Waals surface area contributed by atoms with E-state index in [1.54, 1.807) is 12.1 Å². The number of hydrogen-bond donors (Lipinski definition) is 1. The van der Waals surface area contributed by atoms with Crippen LogP contribution in [0.3, 0.4) is 0 Å². The summed E-state index contributed by atoms with van der Waals surface area (Å²) in [6.07, 6.45) is 4.75. The molecule has 1 N–H and O–H groups in total. The van der Waals surface area contributed by atoms with Gasteiger partial charge in [-0.25, -0.2) is 0 Å². The van der Waals surface area contributed by atoms with E-state index in [0.717, 1.165) is 42.7 Å². The molecule has 4 rings (SSSR count). The second kappa shape index (κ2) is 7.09. The van der Waals surface area contributed by atoms with Crippen LogP contribution in [0.4, 0.5) is 11.4 Å². The van der Waals surface area contributed by atoms with Gasteiger partial charge in [-0.3, -0.25) is 20.0 Å². The van der Waals surface area contributed by atoms with E-state index in [2.05, 4.69) is 27.3 Å². The minimum absolute atomic E-state index is 0.153. The number of nitrogens with one attached hydrogen (secondary N) is 1. The fourth-order valence-corrected chi connectivity index (χ4v) is 3.59. The quantitative estimate of drug-likeness (QED) is 0.560. The molecule has 1 saturated heterocycles. The summed E-state index contributed by atoms with van der Waals surface area (Å²) in [7, 11) is 0. The van der Waals surface area contributed by atoms with Gasteiger partial charge in [-0.05, 0) is 24.1 Å². The molecular weight excluding hydrogens is 328 g/mol. The fourth-order valence-electron chi connectivity index (χ4n) is 3.59. The molecule has 0 aliphatic carbocycles. The molecule has 0 amide bonds. The molecule has 6 nitrogen and oxygen atoms in total. The lowest BCUT2D eigenvalue weighted by Gasteiger charge is -2.18. The zero-order chi connectivity index (χ0) is 17.9. The van der Waals surface area contributed by atoms with Crippen molar-refractivity contribution in [2.75, 3.05) is 18.4 Å². The molecule has 132 valence electrons. The molecule has 26 heavy (non-hydrogen) atoms. The van der Waals surface area contributed by atoms with Crippen LogP contribution in [-0.4, -0.2) is 33.9 Å². The number of hydrogen-bond acceptors (Lipinski definition) is 5. The first-order valence-electron chi connectivity index (χ1n) is 8.74. The number of anilines is 1. The number of benzene rings is 2. The number of non-ortho nitro benzene ring substituents is 1. The van der Waals surface area contributed by atoms with E-state index in [9.17, 15) is 10.1 Å². The summed E-state index contributed by atoms with van der Waals surface area (Å²) in [5.74, 6) is 0. The zero-order valence-electron chi connectivity index (χ0n) is 14.3. The Morgan fingerprint density at radius 1 is 1.23 bits per heavy atom. The monoisotopic (exact) mass is 348 g/mol. The SMILES string of the molecule is O=[N+]([O-])c1cccc(CN2CCC(Nc3cccc4cnccc34)C2)c1. The fraction of sp³-hybridized carbons (Fsp3) is 0.250. The number of nitrogens with zero attached hydrogens (tertiary/aromatic N) is 3. The van der Waals surface area contributed by atoms with Crippen LogP contribution in [-0.2, 0) is 6.54 Å². The second-order valence-corrected chi connectivity index (χ2v) is 6.69. The smallest absolute Gasteiger partial charge is 0.269 e. The lowest BCUT2D eigenvalue weighted by Crippen LogP contribution is -2.26. The average Bonchev–Trinajstić information content (AvgIpc) is 3.09. The number of likely N-dealkylation sites (tertiary alicyclic amines) is 1. The standard InChI is InChI=1S/C20H20N4O2/c25-24(26)18-5-1-3-15(11-18)13-23-10-8-17(14-23)22-20-6-2-4-16-12-21-9-7-19(16)20/h1-7,9,11-12,17,22H,8,10,13-14H2. The third-order valence-electron chi connectivity index (χ3n) is 4.84. The summed E-state index contributed by atoms with van der Waals surface area (Å²) in [6, 6.07) is 15.5. The van der Waals surface area contributed by atoms with Crippen molar-refractivity contribution in [1.29, 1.82) is 0 Å². The van der Waals surface area contributed by atoms with Gasteiger partial charge in [-0.1, -0.05) is 24.3 Å². The van der Waals surface area contributed by atoms with Crippen LogP contribution in [0, 0.1) is 10.1 Å². The Bertz CT molecular complexity index is 939. The first-order chi connectivity index (χ1) is 12.7. The number of nitro groups is 1. The van der Waals surface area contributed by atoms with Crippen molar-refractivity contribution in [3.8, 4) is 0 Å². The van der Waals surface area contributed by atoms with E-state index in [4.69, 9.17) is 0 Å². The molecule has 1 fully saturated rings. The summed E-state index contributed by atoms with van der Waals surface area (Å²) in [4.78, 5) is 17.1. The van der Waals surface area contributed by atoms with Crippen molar-refractivity contribution in [1.82, 2.24) is 9.88 Å². The van der Waals surface area contributed by atoms with E-state index in [-0.39, 0.29) is 10.6 Å². The molecule has 0 radical (unpaired) electrons. The third-order valence-corrected chi connectivity index (χ3v) is 4.84. The Labute approximate surface area is 151 Å². The molecule has 1 unspecified atom stereocenters. The van der Waals surface area contributed by atoms with Gasteiger partial charge in [0.1, 0.15) is 0 Å². The van der Waals surface area contributed by atoms with Crippen molar-refractivity contribution in [2.24, 2.45) is 0 Å². The van der Waals surface area contributed by atoms with Crippen molar-refractivity contribution in [2.45, 2.75) is 19.0 Å². The molecule has 0 spiro atoms. The van der Waals surface area contributed by atoms with Crippen LogP contribution in [0.5, 0.6) is 0 Å². The van der Waals surface area contributed by atoms with Gasteiger partial charge < -0.3 is 5.32 Å². The van der Waals surface area contributed by atoms with E-state index in [1.165, 1.54) is 11.5 Å². The molecule has 3 aromatic rings. The third kappa shape index (κ3) is 3.50. The zero-order valence-corrected chi connectivity index (χ0v) is 14.3. The van der Waals surface area contributed by atoms with E-state index in [1.807, 2.05) is 30.6 Å². The van der Waals surface area contributed by atoms with Gasteiger partial charge >= 0.3 is 0 Å². The highest BCUT2D eigenvalue weighted by Gasteiger charge is 2.23. The molecule has 2 heterocycles.